The van der Waals surface area contributed by atoms with E-state index in [4.69, 9.17) is 9.72 Å². The number of rotatable bonds is 4. The number of aliphatic hydroxyl groups excluding tert-OH is 1. The molecule has 3 fully saturated rings. The van der Waals surface area contributed by atoms with E-state index in [-0.39, 0.29) is 6.10 Å². The van der Waals surface area contributed by atoms with Crippen LogP contribution in [0.3, 0.4) is 0 Å². The van der Waals surface area contributed by atoms with E-state index in [0.717, 1.165) is 63.8 Å². The number of morpholine rings is 1. The van der Waals surface area contributed by atoms with Crippen molar-refractivity contribution in [2.75, 3.05) is 39.4 Å². The molecule has 0 amide bonds. The van der Waals surface area contributed by atoms with Crippen LogP contribution < -0.4 is 0 Å². The van der Waals surface area contributed by atoms with Crippen molar-refractivity contribution in [2.45, 2.75) is 38.5 Å². The van der Waals surface area contributed by atoms with Gasteiger partial charge in [0.1, 0.15) is 5.01 Å². The summed E-state index contributed by atoms with van der Waals surface area (Å²) in [6.07, 6.45) is 3.94. The van der Waals surface area contributed by atoms with Gasteiger partial charge in [-0.25, -0.2) is 4.98 Å². The fraction of sp³-hybridized carbons (Fsp3) is 0.609. The zero-order valence-corrected chi connectivity index (χ0v) is 18.0. The van der Waals surface area contributed by atoms with Gasteiger partial charge in [0.2, 0.25) is 0 Å². The molecular weight excluding hydrogens is 382 g/mol. The number of thiazole rings is 1. The number of aryl methyl sites for hydroxylation is 1. The molecule has 0 unspecified atom stereocenters. The summed E-state index contributed by atoms with van der Waals surface area (Å²) in [5.41, 5.74) is 2.53. The fourth-order valence-electron chi connectivity index (χ4n) is 5.47. The van der Waals surface area contributed by atoms with Crippen LogP contribution in [0, 0.1) is 18.8 Å². The molecule has 2 saturated heterocycles. The molecule has 3 aliphatic rings. The van der Waals surface area contributed by atoms with E-state index in [9.17, 15) is 5.11 Å². The van der Waals surface area contributed by atoms with Crippen LogP contribution in [0.5, 0.6) is 0 Å². The highest BCUT2D eigenvalue weighted by Gasteiger charge is 2.43. The van der Waals surface area contributed by atoms with E-state index in [1.165, 1.54) is 16.0 Å². The minimum absolute atomic E-state index is 0.189. The Morgan fingerprint density at radius 2 is 1.90 bits per heavy atom. The molecule has 1 aromatic carbocycles. The zero-order chi connectivity index (χ0) is 19.8. The van der Waals surface area contributed by atoms with Crippen molar-refractivity contribution in [2.24, 2.45) is 11.8 Å². The van der Waals surface area contributed by atoms with Gasteiger partial charge in [-0.1, -0.05) is 24.3 Å². The van der Waals surface area contributed by atoms with Crippen LogP contribution in [-0.2, 0) is 11.3 Å². The Morgan fingerprint density at radius 3 is 2.69 bits per heavy atom. The van der Waals surface area contributed by atoms with E-state index in [0.29, 0.717) is 17.9 Å². The van der Waals surface area contributed by atoms with E-state index >= 15 is 0 Å². The number of ether oxygens (including phenoxy) is 1. The van der Waals surface area contributed by atoms with Crippen LogP contribution in [-0.4, -0.2) is 71.4 Å². The Bertz CT molecular complexity index is 835. The SMILES string of the molecule is Cc1ccccc1-c1ncc(CN2C[C@H]3C[C@@H](N4CCOCC4)[C@H](O)C[C@H]3C2)s1. The molecule has 29 heavy (non-hydrogen) atoms. The normalized spacial score (nSPS) is 31.1. The second kappa shape index (κ2) is 8.44. The lowest BCUT2D eigenvalue weighted by Crippen LogP contribution is -2.53. The Morgan fingerprint density at radius 1 is 1.14 bits per heavy atom. The lowest BCUT2D eigenvalue weighted by atomic mass is 9.77. The number of hydrogen-bond acceptors (Lipinski definition) is 6. The molecule has 3 heterocycles. The van der Waals surface area contributed by atoms with Crippen molar-refractivity contribution >= 4 is 11.3 Å². The highest BCUT2D eigenvalue weighted by Crippen LogP contribution is 2.39. The van der Waals surface area contributed by atoms with Crippen LogP contribution in [0.2, 0.25) is 0 Å². The Labute approximate surface area is 177 Å². The third-order valence-electron chi connectivity index (χ3n) is 7.01. The van der Waals surface area contributed by atoms with Crippen molar-refractivity contribution in [1.29, 1.82) is 0 Å². The first-order valence-corrected chi connectivity index (χ1v) is 11.7. The molecule has 0 radical (unpaired) electrons. The number of likely N-dealkylation sites (tertiary alicyclic amines) is 1. The average Bonchev–Trinajstić information content (AvgIpc) is 3.35. The summed E-state index contributed by atoms with van der Waals surface area (Å²) in [5.74, 6) is 1.33. The van der Waals surface area contributed by atoms with Crippen molar-refractivity contribution < 1.29 is 9.84 Å². The van der Waals surface area contributed by atoms with Crippen molar-refractivity contribution in [1.82, 2.24) is 14.8 Å². The molecule has 2 aliphatic heterocycles. The van der Waals surface area contributed by atoms with Gasteiger partial charge in [0.25, 0.3) is 0 Å². The number of aliphatic hydroxyl groups is 1. The monoisotopic (exact) mass is 413 g/mol. The molecule has 1 N–H and O–H groups in total. The number of nitrogens with zero attached hydrogens (tertiary/aromatic N) is 3. The van der Waals surface area contributed by atoms with Gasteiger partial charge >= 0.3 is 0 Å². The lowest BCUT2D eigenvalue weighted by molar-refractivity contribution is -0.0520. The molecular formula is C23H31N3O2S. The van der Waals surface area contributed by atoms with Crippen LogP contribution in [0.25, 0.3) is 10.6 Å². The molecule has 4 atom stereocenters. The highest BCUT2D eigenvalue weighted by atomic mass is 32.1. The van der Waals surface area contributed by atoms with Gasteiger partial charge in [-0.15, -0.1) is 11.3 Å². The topological polar surface area (TPSA) is 48.8 Å². The van der Waals surface area contributed by atoms with Crippen molar-refractivity contribution in [3.63, 3.8) is 0 Å². The standard InChI is InChI=1S/C23H31N3O2S/c1-16-4-2-3-5-20(16)23-24-12-19(29-23)15-25-13-17-10-21(22(27)11-18(17)14-25)26-6-8-28-9-7-26/h2-5,12,17-18,21-22,27H,6-11,13-15H2,1H3/t17-,18+,21-,22-/m1/s1. The van der Waals surface area contributed by atoms with Crippen LogP contribution in [0.1, 0.15) is 23.3 Å². The number of hydrogen-bond donors (Lipinski definition) is 1. The maximum absolute atomic E-state index is 10.8. The quantitative estimate of drug-likeness (QED) is 0.835. The zero-order valence-electron chi connectivity index (χ0n) is 17.2. The predicted molar refractivity (Wildman–Crippen MR) is 116 cm³/mol. The van der Waals surface area contributed by atoms with Gasteiger partial charge in [0.15, 0.2) is 0 Å². The van der Waals surface area contributed by atoms with Gasteiger partial charge in [-0.05, 0) is 37.2 Å². The van der Waals surface area contributed by atoms with Gasteiger partial charge in [-0.3, -0.25) is 9.80 Å². The Balaban J connectivity index is 1.22. The molecule has 2 aromatic rings. The van der Waals surface area contributed by atoms with Gasteiger partial charge < -0.3 is 9.84 Å². The molecule has 5 nitrogen and oxygen atoms in total. The maximum atomic E-state index is 10.8. The van der Waals surface area contributed by atoms with E-state index < -0.39 is 0 Å². The first-order valence-electron chi connectivity index (χ1n) is 10.9. The smallest absolute Gasteiger partial charge is 0.123 e. The summed E-state index contributed by atoms with van der Waals surface area (Å²) in [6.45, 7) is 8.92. The summed E-state index contributed by atoms with van der Waals surface area (Å²) in [7, 11) is 0. The molecule has 1 aromatic heterocycles. The summed E-state index contributed by atoms with van der Waals surface area (Å²) >= 11 is 1.82. The van der Waals surface area contributed by atoms with Gasteiger partial charge in [0, 0.05) is 55.4 Å². The first kappa shape index (κ1) is 19.6. The Hall–Kier alpha value is -1.31. The fourth-order valence-corrected chi connectivity index (χ4v) is 6.52. The third kappa shape index (κ3) is 4.14. The van der Waals surface area contributed by atoms with Crippen molar-refractivity contribution in [3.8, 4) is 10.6 Å². The minimum Gasteiger partial charge on any atom is -0.391 e. The number of fused-ring (bicyclic) bond motifs is 1. The van der Waals surface area contributed by atoms with E-state index in [1.54, 1.807) is 0 Å². The highest BCUT2D eigenvalue weighted by molar-refractivity contribution is 7.15. The lowest BCUT2D eigenvalue weighted by Gasteiger charge is -2.43. The van der Waals surface area contributed by atoms with Gasteiger partial charge in [-0.2, -0.15) is 0 Å². The van der Waals surface area contributed by atoms with Crippen LogP contribution in [0.15, 0.2) is 30.5 Å². The predicted octanol–water partition coefficient (Wildman–Crippen LogP) is 3.02. The summed E-state index contributed by atoms with van der Waals surface area (Å²) in [5, 5.41) is 11.9. The summed E-state index contributed by atoms with van der Waals surface area (Å²) in [4.78, 5) is 11.1. The number of aromatic nitrogens is 1. The number of benzene rings is 1. The van der Waals surface area contributed by atoms with Crippen LogP contribution >= 0.6 is 11.3 Å². The average molecular weight is 414 g/mol. The Kier molecular flexibility index (Phi) is 5.71. The molecule has 1 aliphatic carbocycles. The minimum atomic E-state index is -0.189. The summed E-state index contributed by atoms with van der Waals surface area (Å²) in [6, 6.07) is 8.80. The second-order valence-corrected chi connectivity index (χ2v) is 10.0. The molecule has 0 bridgehead atoms. The molecule has 156 valence electrons. The molecule has 1 saturated carbocycles. The van der Waals surface area contributed by atoms with E-state index in [1.807, 2.05) is 11.3 Å². The molecule has 6 heteroatoms. The third-order valence-corrected chi connectivity index (χ3v) is 8.02. The largest absolute Gasteiger partial charge is 0.391 e. The van der Waals surface area contributed by atoms with Crippen LogP contribution in [0.4, 0.5) is 0 Å². The van der Waals surface area contributed by atoms with Gasteiger partial charge in [0.05, 0.1) is 19.3 Å². The first-order chi connectivity index (χ1) is 14.2. The molecule has 5 rings (SSSR count). The van der Waals surface area contributed by atoms with E-state index in [2.05, 4.69) is 47.2 Å². The maximum Gasteiger partial charge on any atom is 0.123 e. The second-order valence-electron chi connectivity index (χ2n) is 8.92. The molecule has 0 spiro atoms. The van der Waals surface area contributed by atoms with Crippen molar-refractivity contribution in [3.05, 3.63) is 40.9 Å². The summed E-state index contributed by atoms with van der Waals surface area (Å²) < 4.78 is 5.50.